The Bertz CT molecular complexity index is 2410. The Morgan fingerprint density at radius 1 is 0.509 bits per heavy atom. The first kappa shape index (κ1) is 34.2. The first-order valence-electron chi connectivity index (χ1n) is 18.4. The zero-order chi connectivity index (χ0) is 36.3. The average molecular weight is 689 g/mol. The number of hydrogen-bond acceptors (Lipinski definition) is 4. The van der Waals surface area contributed by atoms with Gasteiger partial charge in [-0.3, -0.25) is 15.7 Å². The molecule has 0 radical (unpaired) electrons. The van der Waals surface area contributed by atoms with E-state index in [0.29, 0.717) is 0 Å². The van der Waals surface area contributed by atoms with Crippen LogP contribution < -0.4 is 16.2 Å². The zero-order valence-corrected chi connectivity index (χ0v) is 30.3. The third-order valence-corrected chi connectivity index (χ3v) is 10.9. The Morgan fingerprint density at radius 3 is 1.40 bits per heavy atom. The molecule has 1 aliphatic carbocycles. The number of allylic oxidation sites excluding steroid dienone is 2. The lowest BCUT2D eigenvalue weighted by molar-refractivity contribution is 0.420. The number of likely N-dealkylation sites (N-methyl/N-ethyl adjacent to an activating group) is 1. The summed E-state index contributed by atoms with van der Waals surface area (Å²) in [6.07, 6.45) is 8.71. The lowest BCUT2D eigenvalue weighted by Crippen LogP contribution is -2.50. The number of hydrazine groups is 1. The van der Waals surface area contributed by atoms with Gasteiger partial charge in [-0.2, -0.15) is 0 Å². The van der Waals surface area contributed by atoms with Crippen LogP contribution in [-0.4, -0.2) is 20.8 Å². The highest BCUT2D eigenvalue weighted by atomic mass is 15.4. The summed E-state index contributed by atoms with van der Waals surface area (Å²) in [5, 5.41) is 8.41. The normalized spacial score (nSPS) is 14.2. The molecule has 0 heterocycles. The molecule has 0 aliphatic heterocycles. The number of aliphatic imine (C=N–C) groups is 1. The first-order chi connectivity index (χ1) is 26.1. The second kappa shape index (κ2) is 14.6. The third kappa shape index (κ3) is 5.82. The molecule has 7 aromatic rings. The van der Waals surface area contributed by atoms with Crippen molar-refractivity contribution in [3.05, 3.63) is 204 Å². The van der Waals surface area contributed by atoms with Crippen LogP contribution in [0.25, 0.3) is 43.8 Å². The van der Waals surface area contributed by atoms with Crippen LogP contribution in [0.5, 0.6) is 0 Å². The van der Waals surface area contributed by atoms with E-state index in [2.05, 4.69) is 204 Å². The predicted octanol–water partition coefficient (Wildman–Crippen LogP) is 10.7. The number of fused-ring (bicyclic) bond motifs is 3. The minimum absolute atomic E-state index is 0.623. The monoisotopic (exact) mass is 688 g/mol. The van der Waals surface area contributed by atoms with Gasteiger partial charge in [0.05, 0.1) is 0 Å². The Balaban J connectivity index is 1.34. The van der Waals surface area contributed by atoms with Crippen molar-refractivity contribution in [3.63, 3.8) is 0 Å². The minimum Gasteiger partial charge on any atom is -0.289 e. The molecule has 260 valence electrons. The maximum atomic E-state index is 4.68. The fourth-order valence-corrected chi connectivity index (χ4v) is 8.38. The van der Waals surface area contributed by atoms with E-state index < -0.39 is 11.2 Å². The van der Waals surface area contributed by atoms with Crippen molar-refractivity contribution < 1.29 is 0 Å². The molecule has 0 aromatic heterocycles. The van der Waals surface area contributed by atoms with Crippen molar-refractivity contribution in [2.45, 2.75) is 24.0 Å². The fourth-order valence-electron chi connectivity index (χ4n) is 8.38. The highest BCUT2D eigenvalue weighted by molar-refractivity contribution is 6.21. The van der Waals surface area contributed by atoms with E-state index in [4.69, 9.17) is 0 Å². The highest BCUT2D eigenvalue weighted by Crippen LogP contribution is 2.46. The van der Waals surface area contributed by atoms with E-state index in [9.17, 15) is 0 Å². The number of benzene rings is 7. The van der Waals surface area contributed by atoms with Gasteiger partial charge in [-0.05, 0) is 105 Å². The van der Waals surface area contributed by atoms with Crippen LogP contribution in [0.4, 0.5) is 0 Å². The van der Waals surface area contributed by atoms with E-state index in [1.165, 1.54) is 32.7 Å². The SMILES string of the molecule is C=NC(NC)(C1=CCCC=C1)c1ccc(-c2c(-c3ccc(C(NNC)(c4ccccc4)c4ccccc4)cc3)c3ccccc3c3ccccc23)cc1. The van der Waals surface area contributed by atoms with Gasteiger partial charge in [-0.25, -0.2) is 5.43 Å². The second-order valence-electron chi connectivity index (χ2n) is 13.6. The molecule has 0 saturated carbocycles. The molecule has 1 unspecified atom stereocenters. The largest absolute Gasteiger partial charge is 0.289 e. The Hall–Kier alpha value is -5.91. The molecule has 3 N–H and O–H groups in total. The molecule has 1 atom stereocenters. The van der Waals surface area contributed by atoms with Crippen LogP contribution in [0, 0.1) is 0 Å². The van der Waals surface area contributed by atoms with E-state index in [0.717, 1.165) is 51.8 Å². The van der Waals surface area contributed by atoms with Crippen LogP contribution in [0.15, 0.2) is 187 Å². The van der Waals surface area contributed by atoms with Crippen molar-refractivity contribution in [3.8, 4) is 22.3 Å². The standard InChI is InChI=1S/C49H44N4/c1-50-49(51-2,40-21-11-6-12-22-40)41-33-29-36(30-34-41)47-45-26-16-14-24-43(45)42-23-13-15-25-44(42)46(47)35-27-31-39(32-28-35)48(53-52-3,37-17-7-4-8-18-37)38-19-9-5-10-20-38/h4-5,7-11,13-34,51-53H,1,6,12H2,2-3H3. The molecular formula is C49H44N4. The lowest BCUT2D eigenvalue weighted by atomic mass is 9.77. The van der Waals surface area contributed by atoms with Crippen molar-refractivity contribution in [2.75, 3.05) is 14.1 Å². The summed E-state index contributed by atoms with van der Waals surface area (Å²) in [5.41, 5.74) is 16.0. The zero-order valence-electron chi connectivity index (χ0n) is 30.3. The van der Waals surface area contributed by atoms with E-state index >= 15 is 0 Å². The van der Waals surface area contributed by atoms with Gasteiger partial charge in [-0.15, -0.1) is 0 Å². The second-order valence-corrected chi connectivity index (χ2v) is 13.6. The molecule has 0 spiro atoms. The maximum absolute atomic E-state index is 4.68. The summed E-state index contributed by atoms with van der Waals surface area (Å²) in [7, 11) is 3.89. The fraction of sp³-hybridized carbons (Fsp3) is 0.122. The van der Waals surface area contributed by atoms with Gasteiger partial charge in [-0.1, -0.05) is 176 Å². The van der Waals surface area contributed by atoms with Crippen LogP contribution in [-0.2, 0) is 11.2 Å². The number of nitrogens with one attached hydrogen (secondary N) is 3. The molecular weight excluding hydrogens is 645 g/mol. The number of rotatable bonds is 11. The summed E-state index contributed by atoms with van der Waals surface area (Å²) in [6.45, 7) is 4.04. The molecule has 4 nitrogen and oxygen atoms in total. The summed E-state index contributed by atoms with van der Waals surface area (Å²) in [6, 6.07) is 56.9. The van der Waals surface area contributed by atoms with Crippen molar-refractivity contribution in [1.82, 2.24) is 16.2 Å². The van der Waals surface area contributed by atoms with Crippen LogP contribution in [0.2, 0.25) is 0 Å². The predicted molar refractivity (Wildman–Crippen MR) is 224 cm³/mol. The number of hydrogen-bond donors (Lipinski definition) is 3. The third-order valence-electron chi connectivity index (χ3n) is 10.9. The Morgan fingerprint density at radius 2 is 0.962 bits per heavy atom. The summed E-state index contributed by atoms with van der Waals surface area (Å²) >= 11 is 0. The molecule has 0 fully saturated rings. The smallest absolute Gasteiger partial charge is 0.160 e. The topological polar surface area (TPSA) is 48.5 Å². The molecule has 53 heavy (non-hydrogen) atoms. The first-order valence-corrected chi connectivity index (χ1v) is 18.4. The van der Waals surface area contributed by atoms with Crippen LogP contribution in [0.3, 0.4) is 0 Å². The van der Waals surface area contributed by atoms with Gasteiger partial charge >= 0.3 is 0 Å². The van der Waals surface area contributed by atoms with Crippen molar-refractivity contribution >= 4 is 28.3 Å². The van der Waals surface area contributed by atoms with Gasteiger partial charge in [0.25, 0.3) is 0 Å². The lowest BCUT2D eigenvalue weighted by Gasteiger charge is -2.36. The van der Waals surface area contributed by atoms with Crippen molar-refractivity contribution in [2.24, 2.45) is 4.99 Å². The van der Waals surface area contributed by atoms with Gasteiger partial charge in [0.1, 0.15) is 5.54 Å². The molecule has 0 saturated heterocycles. The van der Waals surface area contributed by atoms with E-state index in [1.807, 2.05) is 14.1 Å². The molecule has 4 heteroatoms. The highest BCUT2D eigenvalue weighted by Gasteiger charge is 2.36. The van der Waals surface area contributed by atoms with Gasteiger partial charge in [0.2, 0.25) is 0 Å². The molecule has 1 aliphatic rings. The van der Waals surface area contributed by atoms with Gasteiger partial charge in [0, 0.05) is 0 Å². The van der Waals surface area contributed by atoms with Crippen LogP contribution in [0.1, 0.15) is 35.1 Å². The molecule has 7 aromatic carbocycles. The Kier molecular flexibility index (Phi) is 9.42. The Labute approximate surface area is 312 Å². The van der Waals surface area contributed by atoms with Crippen LogP contribution >= 0.6 is 0 Å². The van der Waals surface area contributed by atoms with Gasteiger partial charge < -0.3 is 0 Å². The average Bonchev–Trinajstić information content (AvgIpc) is 3.24. The molecule has 0 bridgehead atoms. The maximum Gasteiger partial charge on any atom is 0.160 e. The summed E-state index contributed by atoms with van der Waals surface area (Å²) in [5.74, 6) is 0. The van der Waals surface area contributed by atoms with Gasteiger partial charge in [0.15, 0.2) is 5.66 Å². The molecule has 8 rings (SSSR count). The summed E-state index contributed by atoms with van der Waals surface area (Å²) in [4.78, 5) is 4.68. The summed E-state index contributed by atoms with van der Waals surface area (Å²) < 4.78 is 0. The van der Waals surface area contributed by atoms with E-state index in [1.54, 1.807) is 0 Å². The number of nitrogens with zero attached hydrogens (tertiary/aromatic N) is 1. The van der Waals surface area contributed by atoms with Crippen molar-refractivity contribution in [1.29, 1.82) is 0 Å². The molecule has 0 amide bonds. The van der Waals surface area contributed by atoms with E-state index in [-0.39, 0.29) is 0 Å². The quantitative estimate of drug-likeness (QED) is 0.0549. The minimum atomic E-state index is -0.717.